The van der Waals surface area contributed by atoms with Gasteiger partial charge in [-0.05, 0) is 0 Å². The Morgan fingerprint density at radius 3 is 1.67 bits per heavy atom. The zero-order valence-electron chi connectivity index (χ0n) is 4.52. The van der Waals surface area contributed by atoms with E-state index in [1.54, 1.807) is 0 Å². The molecule has 0 bridgehead atoms. The molecule has 0 unspecified atom stereocenters. The van der Waals surface area contributed by atoms with Gasteiger partial charge in [0.1, 0.15) is 0 Å². The van der Waals surface area contributed by atoms with E-state index in [0.717, 1.165) is 0 Å². The molecule has 0 nitrogen and oxygen atoms in total. The number of hydrogen-bond acceptors (Lipinski definition) is 0. The SMILES string of the molecule is C[C-]=CC.[CH3-].[Nb+2]. The summed E-state index contributed by atoms with van der Waals surface area (Å²) in [6.45, 7) is 3.82. The summed E-state index contributed by atoms with van der Waals surface area (Å²) in [6.07, 6.45) is 4.68. The summed E-state index contributed by atoms with van der Waals surface area (Å²) in [4.78, 5) is 0. The summed E-state index contributed by atoms with van der Waals surface area (Å²) in [7, 11) is 0. The summed E-state index contributed by atoms with van der Waals surface area (Å²) in [5, 5.41) is 0. The molecule has 0 aromatic rings. The maximum absolute atomic E-state index is 2.81. The maximum atomic E-state index is 2.81. The van der Waals surface area contributed by atoms with Crippen molar-refractivity contribution < 1.29 is 22.4 Å². The molecular weight excluding hydrogens is 153 g/mol. The van der Waals surface area contributed by atoms with Crippen LogP contribution in [-0.4, -0.2) is 0 Å². The van der Waals surface area contributed by atoms with E-state index < -0.39 is 0 Å². The molecule has 0 aliphatic rings. The molecule has 6 heavy (non-hydrogen) atoms. The monoisotopic (exact) mass is 163 g/mol. The fourth-order valence-electron chi connectivity index (χ4n) is 0. The van der Waals surface area contributed by atoms with Crippen molar-refractivity contribution in [3.8, 4) is 0 Å². The first-order valence-electron chi connectivity index (χ1n) is 1.37. The van der Waals surface area contributed by atoms with Crippen molar-refractivity contribution in [3.63, 3.8) is 0 Å². The van der Waals surface area contributed by atoms with E-state index >= 15 is 0 Å². The normalized spacial score (nSPS) is 6.33. The second kappa shape index (κ2) is 17.9. The van der Waals surface area contributed by atoms with E-state index in [1.807, 2.05) is 19.9 Å². The quantitative estimate of drug-likeness (QED) is 0.377. The van der Waals surface area contributed by atoms with Crippen LogP contribution in [0.15, 0.2) is 6.08 Å². The predicted molar refractivity (Wildman–Crippen MR) is 25.6 cm³/mol. The van der Waals surface area contributed by atoms with Gasteiger partial charge in [0.25, 0.3) is 0 Å². The van der Waals surface area contributed by atoms with Crippen LogP contribution in [0, 0.1) is 13.5 Å². The van der Waals surface area contributed by atoms with Crippen LogP contribution in [0.3, 0.4) is 0 Å². The third-order valence-electron chi connectivity index (χ3n) is 0.289. The fraction of sp³-hybridized carbons (Fsp3) is 0.400. The third kappa shape index (κ3) is 24.8. The molecule has 0 saturated heterocycles. The summed E-state index contributed by atoms with van der Waals surface area (Å²) in [5.41, 5.74) is 0. The van der Waals surface area contributed by atoms with Gasteiger partial charge in [0.05, 0.1) is 0 Å². The molecule has 0 atom stereocenters. The standard InChI is InChI=1S/C4H7.CH3.Nb/c1-3-4-2;;/h3H,1-2H3;1H3;/q2*-1;+2. The fourth-order valence-corrected chi connectivity index (χ4v) is 0. The number of hydrogen-bond donors (Lipinski definition) is 0. The number of rotatable bonds is 0. The zero-order valence-corrected chi connectivity index (χ0v) is 6.72. The van der Waals surface area contributed by atoms with E-state index in [-0.39, 0.29) is 29.8 Å². The Morgan fingerprint density at radius 1 is 1.50 bits per heavy atom. The summed E-state index contributed by atoms with van der Waals surface area (Å²) >= 11 is 0. The minimum Gasteiger partial charge on any atom is -0.504 e. The Balaban J connectivity index is -0.0000000450. The van der Waals surface area contributed by atoms with Crippen LogP contribution >= 0.6 is 0 Å². The topological polar surface area (TPSA) is 0 Å². The molecule has 0 aliphatic heterocycles. The van der Waals surface area contributed by atoms with Crippen LogP contribution in [0.2, 0.25) is 0 Å². The number of allylic oxidation sites excluding steroid dienone is 2. The van der Waals surface area contributed by atoms with Crippen molar-refractivity contribution in [3.05, 3.63) is 19.6 Å². The van der Waals surface area contributed by atoms with Crippen molar-refractivity contribution in [2.24, 2.45) is 0 Å². The summed E-state index contributed by atoms with van der Waals surface area (Å²) < 4.78 is 0. The average Bonchev–Trinajstić information content (AvgIpc) is 1.37. The van der Waals surface area contributed by atoms with Crippen LogP contribution in [0.1, 0.15) is 13.8 Å². The van der Waals surface area contributed by atoms with E-state index in [0.29, 0.717) is 0 Å². The van der Waals surface area contributed by atoms with E-state index in [2.05, 4.69) is 6.08 Å². The Labute approximate surface area is 56.1 Å². The van der Waals surface area contributed by atoms with Gasteiger partial charge in [0.2, 0.25) is 0 Å². The molecule has 35 valence electrons. The van der Waals surface area contributed by atoms with Crippen molar-refractivity contribution >= 4 is 0 Å². The average molecular weight is 163 g/mol. The molecule has 0 amide bonds. The molecule has 0 heterocycles. The van der Waals surface area contributed by atoms with Gasteiger partial charge in [-0.1, -0.05) is 6.92 Å². The molecular formula is C5H10Nb. The first-order chi connectivity index (χ1) is 1.91. The van der Waals surface area contributed by atoms with Crippen LogP contribution in [0.5, 0.6) is 0 Å². The summed E-state index contributed by atoms with van der Waals surface area (Å²) in [6, 6.07) is 0. The molecule has 1 heteroatoms. The van der Waals surface area contributed by atoms with Crippen LogP contribution in [0.25, 0.3) is 0 Å². The first-order valence-corrected chi connectivity index (χ1v) is 1.37. The minimum absolute atomic E-state index is 0. The van der Waals surface area contributed by atoms with Gasteiger partial charge < -0.3 is 13.5 Å². The van der Waals surface area contributed by atoms with E-state index in [4.69, 9.17) is 0 Å². The van der Waals surface area contributed by atoms with Gasteiger partial charge in [-0.25, -0.2) is 0 Å². The summed E-state index contributed by atoms with van der Waals surface area (Å²) in [5.74, 6) is 0. The molecule has 0 spiro atoms. The Kier molecular flexibility index (Phi) is 47.9. The van der Waals surface area contributed by atoms with Gasteiger partial charge in [0.15, 0.2) is 0 Å². The van der Waals surface area contributed by atoms with E-state index in [1.165, 1.54) is 0 Å². The Bertz CT molecular complexity index is 19.1. The first kappa shape index (κ1) is 16.1. The second-order valence-corrected chi connectivity index (χ2v) is 0.577. The molecule has 0 aromatic carbocycles. The Hall–Kier alpha value is 0.480. The molecule has 0 saturated carbocycles. The van der Waals surface area contributed by atoms with Crippen LogP contribution in [-0.2, 0) is 22.4 Å². The Morgan fingerprint density at radius 2 is 1.67 bits per heavy atom. The van der Waals surface area contributed by atoms with Crippen LogP contribution in [0.4, 0.5) is 0 Å². The van der Waals surface area contributed by atoms with Crippen molar-refractivity contribution in [2.45, 2.75) is 13.8 Å². The van der Waals surface area contributed by atoms with Gasteiger partial charge in [-0.15, -0.1) is 0 Å². The second-order valence-electron chi connectivity index (χ2n) is 0.577. The minimum atomic E-state index is 0. The molecule has 0 aliphatic carbocycles. The zero-order chi connectivity index (χ0) is 3.41. The van der Waals surface area contributed by atoms with Crippen molar-refractivity contribution in [2.75, 3.05) is 0 Å². The van der Waals surface area contributed by atoms with Gasteiger partial charge >= 0.3 is 22.4 Å². The molecule has 0 N–H and O–H groups in total. The third-order valence-corrected chi connectivity index (χ3v) is 0.289. The van der Waals surface area contributed by atoms with Crippen molar-refractivity contribution in [1.82, 2.24) is 0 Å². The smallest absolute Gasteiger partial charge is 0.504 e. The largest absolute Gasteiger partial charge is 2.00 e. The molecule has 1 radical (unpaired) electrons. The van der Waals surface area contributed by atoms with Gasteiger partial charge in [-0.2, -0.15) is 6.92 Å². The maximum Gasteiger partial charge on any atom is 2.00 e. The van der Waals surface area contributed by atoms with Crippen molar-refractivity contribution in [1.29, 1.82) is 0 Å². The molecule has 0 fully saturated rings. The predicted octanol–water partition coefficient (Wildman–Crippen LogP) is 1.83. The van der Waals surface area contributed by atoms with Crippen LogP contribution < -0.4 is 0 Å². The molecule has 0 aromatic heterocycles. The van der Waals surface area contributed by atoms with Gasteiger partial charge in [0, 0.05) is 0 Å². The van der Waals surface area contributed by atoms with Gasteiger partial charge in [-0.3, -0.25) is 6.08 Å². The molecule has 0 rings (SSSR count). The van der Waals surface area contributed by atoms with E-state index in [9.17, 15) is 0 Å².